The highest BCUT2D eigenvalue weighted by Crippen LogP contribution is 2.38. The van der Waals surface area contributed by atoms with E-state index < -0.39 is 5.97 Å². The number of halogens is 1. The second-order valence-electron chi connectivity index (χ2n) is 10.1. The normalized spacial score (nSPS) is 16.3. The van der Waals surface area contributed by atoms with Crippen LogP contribution in [0.1, 0.15) is 64.2 Å². The fourth-order valence-corrected chi connectivity index (χ4v) is 5.50. The minimum Gasteiger partial charge on any atom is -0.478 e. The summed E-state index contributed by atoms with van der Waals surface area (Å²) in [5.74, 6) is -1.00. The number of benzene rings is 3. The molecule has 0 aromatic heterocycles. The molecule has 1 aliphatic heterocycles. The van der Waals surface area contributed by atoms with Crippen LogP contribution in [-0.4, -0.2) is 40.4 Å². The SMILES string of the molecule is O=C(O)c1ccc(CNC(=O)C(c2ccc(CN3N=C(c4ccccc4Cl)OCC3=O)cc2)C2CCCC2)cc1. The standard InChI is InChI=1S/C31H30ClN3O5/c32-26-8-4-3-7-25(26)30-34-35(27(36)19-40-30)18-21-11-13-23(14-12-21)28(22-5-1-2-6-22)29(37)33-17-20-9-15-24(16-10-20)31(38)39/h3-4,7-16,22,28H,1-2,5-6,17-19H2,(H,33,37)(H,38,39). The average Bonchev–Trinajstić information content (AvgIpc) is 3.49. The van der Waals surface area contributed by atoms with Crippen molar-refractivity contribution < 1.29 is 24.2 Å². The summed E-state index contributed by atoms with van der Waals surface area (Å²) in [6.45, 7) is 0.471. The third kappa shape index (κ3) is 6.34. The molecule has 0 radical (unpaired) electrons. The van der Waals surface area contributed by atoms with Crippen molar-refractivity contribution in [2.45, 2.75) is 44.7 Å². The number of carbonyl (C=O) groups is 3. The molecule has 1 atom stereocenters. The Kier molecular flexibility index (Phi) is 8.45. The van der Waals surface area contributed by atoms with Gasteiger partial charge in [0.05, 0.1) is 28.6 Å². The van der Waals surface area contributed by atoms with Crippen LogP contribution in [0.3, 0.4) is 0 Å². The van der Waals surface area contributed by atoms with Crippen LogP contribution in [0.4, 0.5) is 0 Å². The summed E-state index contributed by atoms with van der Waals surface area (Å²) in [5, 5.41) is 18.4. The Balaban J connectivity index is 1.29. The van der Waals surface area contributed by atoms with Crippen molar-refractivity contribution in [3.05, 3.63) is 106 Å². The first kappa shape index (κ1) is 27.4. The van der Waals surface area contributed by atoms with Crippen LogP contribution < -0.4 is 5.32 Å². The minimum atomic E-state index is -0.980. The molecular formula is C31H30ClN3O5. The van der Waals surface area contributed by atoms with E-state index in [-0.39, 0.29) is 42.4 Å². The second-order valence-corrected chi connectivity index (χ2v) is 10.5. The molecule has 5 rings (SSSR count). The van der Waals surface area contributed by atoms with E-state index in [0.29, 0.717) is 23.0 Å². The lowest BCUT2D eigenvalue weighted by molar-refractivity contribution is -0.136. The highest BCUT2D eigenvalue weighted by atomic mass is 35.5. The van der Waals surface area contributed by atoms with Crippen molar-refractivity contribution in [3.8, 4) is 0 Å². The molecule has 206 valence electrons. The van der Waals surface area contributed by atoms with Crippen LogP contribution in [0.2, 0.25) is 5.02 Å². The third-order valence-corrected chi connectivity index (χ3v) is 7.76. The molecule has 3 aromatic carbocycles. The van der Waals surface area contributed by atoms with Crippen molar-refractivity contribution in [1.29, 1.82) is 0 Å². The Morgan fingerprint density at radius 3 is 2.35 bits per heavy atom. The predicted molar refractivity (Wildman–Crippen MR) is 151 cm³/mol. The van der Waals surface area contributed by atoms with Gasteiger partial charge in [0.2, 0.25) is 11.8 Å². The molecule has 1 fully saturated rings. The van der Waals surface area contributed by atoms with E-state index in [9.17, 15) is 14.4 Å². The lowest BCUT2D eigenvalue weighted by Crippen LogP contribution is -2.36. The molecule has 40 heavy (non-hydrogen) atoms. The monoisotopic (exact) mass is 559 g/mol. The largest absolute Gasteiger partial charge is 0.478 e. The zero-order valence-electron chi connectivity index (χ0n) is 21.9. The fraction of sp³-hybridized carbons (Fsp3) is 0.290. The van der Waals surface area contributed by atoms with Gasteiger partial charge in [0.25, 0.3) is 5.91 Å². The van der Waals surface area contributed by atoms with E-state index in [4.69, 9.17) is 21.4 Å². The number of aromatic carboxylic acids is 1. The first-order chi connectivity index (χ1) is 19.4. The summed E-state index contributed by atoms with van der Waals surface area (Å²) in [4.78, 5) is 37.0. The number of nitrogens with zero attached hydrogens (tertiary/aromatic N) is 2. The molecule has 2 aliphatic rings. The van der Waals surface area contributed by atoms with E-state index in [1.165, 1.54) is 17.1 Å². The molecule has 2 amide bonds. The first-order valence-electron chi connectivity index (χ1n) is 13.3. The van der Waals surface area contributed by atoms with Crippen molar-refractivity contribution in [3.63, 3.8) is 0 Å². The van der Waals surface area contributed by atoms with Gasteiger partial charge >= 0.3 is 5.97 Å². The Morgan fingerprint density at radius 2 is 1.68 bits per heavy atom. The first-order valence-corrected chi connectivity index (χ1v) is 13.7. The maximum atomic E-state index is 13.4. The molecule has 1 unspecified atom stereocenters. The average molecular weight is 560 g/mol. The Labute approximate surface area is 237 Å². The van der Waals surface area contributed by atoms with Gasteiger partial charge in [-0.05, 0) is 59.7 Å². The Hall–Kier alpha value is -4.17. The summed E-state index contributed by atoms with van der Waals surface area (Å²) >= 11 is 6.28. The van der Waals surface area contributed by atoms with Crippen molar-refractivity contribution in [2.75, 3.05) is 6.61 Å². The highest BCUT2D eigenvalue weighted by Gasteiger charge is 2.32. The van der Waals surface area contributed by atoms with Gasteiger partial charge in [0, 0.05) is 6.54 Å². The van der Waals surface area contributed by atoms with E-state index in [1.807, 2.05) is 36.4 Å². The summed E-state index contributed by atoms with van der Waals surface area (Å²) in [6, 6.07) is 21.5. The number of hydrazone groups is 1. The minimum absolute atomic E-state index is 0.0423. The lowest BCUT2D eigenvalue weighted by Gasteiger charge is -2.25. The number of ether oxygens (including phenoxy) is 1. The van der Waals surface area contributed by atoms with Crippen molar-refractivity contribution >= 4 is 35.3 Å². The number of nitrogens with one attached hydrogen (secondary N) is 1. The molecule has 2 N–H and O–H groups in total. The number of hydrogen-bond acceptors (Lipinski definition) is 5. The van der Waals surface area contributed by atoms with Gasteiger partial charge in [-0.1, -0.05) is 73.0 Å². The van der Waals surface area contributed by atoms with Gasteiger partial charge in [-0.15, -0.1) is 5.10 Å². The molecule has 0 saturated heterocycles. The molecule has 1 saturated carbocycles. The molecule has 1 aliphatic carbocycles. The number of amides is 2. The lowest BCUT2D eigenvalue weighted by atomic mass is 9.83. The van der Waals surface area contributed by atoms with Gasteiger partial charge in [-0.3, -0.25) is 9.59 Å². The smallest absolute Gasteiger partial charge is 0.335 e. The maximum Gasteiger partial charge on any atom is 0.335 e. The molecule has 1 heterocycles. The van der Waals surface area contributed by atoms with Crippen LogP contribution in [0.25, 0.3) is 0 Å². The van der Waals surface area contributed by atoms with Crippen molar-refractivity contribution in [1.82, 2.24) is 10.3 Å². The zero-order valence-corrected chi connectivity index (χ0v) is 22.6. The van der Waals surface area contributed by atoms with E-state index in [0.717, 1.165) is 42.4 Å². The molecule has 0 spiro atoms. The van der Waals surface area contributed by atoms with Crippen LogP contribution in [0.15, 0.2) is 77.9 Å². The summed E-state index contributed by atoms with van der Waals surface area (Å²) < 4.78 is 5.53. The van der Waals surface area contributed by atoms with Gasteiger partial charge in [-0.25, -0.2) is 9.80 Å². The summed E-state index contributed by atoms with van der Waals surface area (Å²) in [6.07, 6.45) is 4.20. The van der Waals surface area contributed by atoms with Crippen LogP contribution in [0.5, 0.6) is 0 Å². The summed E-state index contributed by atoms with van der Waals surface area (Å²) in [5.41, 5.74) is 3.49. The maximum absolute atomic E-state index is 13.4. The van der Waals surface area contributed by atoms with E-state index in [2.05, 4.69) is 10.4 Å². The molecule has 8 nitrogen and oxygen atoms in total. The molecule has 0 bridgehead atoms. The summed E-state index contributed by atoms with van der Waals surface area (Å²) in [7, 11) is 0. The van der Waals surface area contributed by atoms with E-state index >= 15 is 0 Å². The Morgan fingerprint density at radius 1 is 1.00 bits per heavy atom. The van der Waals surface area contributed by atoms with Crippen LogP contribution in [-0.2, 0) is 27.4 Å². The van der Waals surface area contributed by atoms with Gasteiger partial charge in [-0.2, -0.15) is 0 Å². The number of carbonyl (C=O) groups excluding carboxylic acids is 2. The van der Waals surface area contributed by atoms with Gasteiger partial charge in [0.1, 0.15) is 0 Å². The number of carboxylic acid groups (broad SMARTS) is 1. The van der Waals surface area contributed by atoms with Gasteiger partial charge < -0.3 is 15.2 Å². The molecule has 3 aromatic rings. The fourth-order valence-electron chi connectivity index (χ4n) is 5.28. The quantitative estimate of drug-likeness (QED) is 0.367. The van der Waals surface area contributed by atoms with Crippen LogP contribution in [0, 0.1) is 5.92 Å². The number of rotatable bonds is 9. The zero-order chi connectivity index (χ0) is 28.1. The molecule has 9 heteroatoms. The van der Waals surface area contributed by atoms with Crippen LogP contribution >= 0.6 is 11.6 Å². The van der Waals surface area contributed by atoms with E-state index in [1.54, 1.807) is 24.3 Å². The highest BCUT2D eigenvalue weighted by molar-refractivity contribution is 6.33. The van der Waals surface area contributed by atoms with Gasteiger partial charge in [0.15, 0.2) is 6.61 Å². The second kappa shape index (κ2) is 12.3. The number of hydrogen-bond donors (Lipinski definition) is 2. The Bertz CT molecular complexity index is 1420. The number of carboxylic acids is 1. The third-order valence-electron chi connectivity index (χ3n) is 7.43. The molecular weight excluding hydrogens is 530 g/mol. The van der Waals surface area contributed by atoms with Crippen molar-refractivity contribution in [2.24, 2.45) is 11.0 Å². The predicted octanol–water partition coefficient (Wildman–Crippen LogP) is 5.35. The topological polar surface area (TPSA) is 108 Å².